The molecular weight excluding hydrogens is 317 g/mol. The fourth-order valence-corrected chi connectivity index (χ4v) is 3.69. The molecule has 1 aliphatic heterocycles. The summed E-state index contributed by atoms with van der Waals surface area (Å²) in [5, 5.41) is 9.25. The fraction of sp³-hybridized carbons (Fsp3) is 0.381. The van der Waals surface area contributed by atoms with Gasteiger partial charge in [-0.15, -0.1) is 0 Å². The third-order valence-corrected chi connectivity index (χ3v) is 5.16. The van der Waals surface area contributed by atoms with Crippen molar-refractivity contribution in [3.05, 3.63) is 70.5 Å². The quantitative estimate of drug-likeness (QED) is 0.900. The number of carboxylic acids is 1. The number of nitrogens with zero attached hydrogens (tertiary/aromatic N) is 1. The van der Waals surface area contributed by atoms with E-state index in [0.29, 0.717) is 12.8 Å². The number of hydrogen-bond donors (Lipinski definition) is 1. The van der Waals surface area contributed by atoms with Gasteiger partial charge in [-0.2, -0.15) is 0 Å². The molecule has 3 nitrogen and oxygen atoms in total. The van der Waals surface area contributed by atoms with E-state index in [0.717, 1.165) is 18.7 Å². The topological polar surface area (TPSA) is 40.5 Å². The lowest BCUT2D eigenvalue weighted by Crippen LogP contribution is -2.39. The van der Waals surface area contributed by atoms with Crippen LogP contribution >= 0.6 is 0 Å². The van der Waals surface area contributed by atoms with Gasteiger partial charge in [-0.05, 0) is 68.6 Å². The molecule has 1 unspecified atom stereocenters. The highest BCUT2D eigenvalue weighted by atomic mass is 19.1. The van der Waals surface area contributed by atoms with Crippen LogP contribution in [-0.2, 0) is 4.79 Å². The molecule has 3 rings (SSSR count). The van der Waals surface area contributed by atoms with Crippen LogP contribution in [0.5, 0.6) is 0 Å². The van der Waals surface area contributed by atoms with E-state index < -0.39 is 5.97 Å². The number of rotatable bonds is 4. The van der Waals surface area contributed by atoms with Gasteiger partial charge in [-0.25, -0.2) is 4.39 Å². The van der Waals surface area contributed by atoms with Crippen molar-refractivity contribution < 1.29 is 14.3 Å². The minimum atomic E-state index is -0.704. The summed E-state index contributed by atoms with van der Waals surface area (Å²) in [5.41, 5.74) is 4.64. The highest BCUT2D eigenvalue weighted by molar-refractivity contribution is 5.70. The number of benzene rings is 2. The van der Waals surface area contributed by atoms with Crippen LogP contribution in [0.4, 0.5) is 4.39 Å². The van der Waals surface area contributed by atoms with Gasteiger partial charge in [0, 0.05) is 0 Å². The first-order chi connectivity index (χ1) is 12.0. The Labute approximate surface area is 148 Å². The van der Waals surface area contributed by atoms with Crippen molar-refractivity contribution in [1.29, 1.82) is 0 Å². The molecule has 0 aromatic heterocycles. The predicted octanol–water partition coefficient (Wildman–Crippen LogP) is 4.33. The van der Waals surface area contributed by atoms with Gasteiger partial charge in [-0.3, -0.25) is 9.69 Å². The summed E-state index contributed by atoms with van der Waals surface area (Å²) in [5.74, 6) is -1.21. The average Bonchev–Trinajstić information content (AvgIpc) is 2.60. The molecule has 1 saturated heterocycles. The first kappa shape index (κ1) is 17.6. The Kier molecular flexibility index (Phi) is 5.19. The summed E-state index contributed by atoms with van der Waals surface area (Å²) in [7, 11) is 0. The summed E-state index contributed by atoms with van der Waals surface area (Å²) in [6.45, 7) is 5.62. The van der Waals surface area contributed by atoms with Gasteiger partial charge in [0.1, 0.15) is 5.82 Å². The molecule has 0 spiro atoms. The van der Waals surface area contributed by atoms with E-state index in [1.165, 1.54) is 28.8 Å². The lowest BCUT2D eigenvalue weighted by molar-refractivity contribution is -0.143. The smallest absolute Gasteiger partial charge is 0.306 e. The van der Waals surface area contributed by atoms with Crippen molar-refractivity contribution in [1.82, 2.24) is 4.90 Å². The molecule has 4 heteroatoms. The minimum absolute atomic E-state index is 0.0234. The van der Waals surface area contributed by atoms with Gasteiger partial charge in [0.2, 0.25) is 0 Å². The van der Waals surface area contributed by atoms with E-state index in [2.05, 4.69) is 36.9 Å². The molecule has 132 valence electrons. The zero-order valence-corrected chi connectivity index (χ0v) is 14.7. The zero-order chi connectivity index (χ0) is 18.0. The van der Waals surface area contributed by atoms with Crippen molar-refractivity contribution in [2.24, 2.45) is 5.92 Å². The van der Waals surface area contributed by atoms with E-state index >= 15 is 0 Å². The predicted molar refractivity (Wildman–Crippen MR) is 96.1 cm³/mol. The Morgan fingerprint density at radius 2 is 1.76 bits per heavy atom. The van der Waals surface area contributed by atoms with E-state index in [-0.39, 0.29) is 17.8 Å². The Bertz CT molecular complexity index is 749. The Morgan fingerprint density at radius 3 is 2.36 bits per heavy atom. The van der Waals surface area contributed by atoms with Crippen molar-refractivity contribution in [2.75, 3.05) is 13.1 Å². The van der Waals surface area contributed by atoms with Crippen molar-refractivity contribution in [2.45, 2.75) is 32.7 Å². The SMILES string of the molecule is Cc1ccc(C)c(C(c2ccc(F)cc2)N2CCC(C(=O)O)CC2)c1. The van der Waals surface area contributed by atoms with E-state index in [4.69, 9.17) is 0 Å². The van der Waals surface area contributed by atoms with Crippen LogP contribution in [-0.4, -0.2) is 29.1 Å². The number of piperidine rings is 1. The maximum Gasteiger partial charge on any atom is 0.306 e. The van der Waals surface area contributed by atoms with Crippen LogP contribution in [0.3, 0.4) is 0 Å². The summed E-state index contributed by atoms with van der Waals surface area (Å²) in [6, 6.07) is 13.1. The first-order valence-corrected chi connectivity index (χ1v) is 8.75. The number of hydrogen-bond acceptors (Lipinski definition) is 2. The van der Waals surface area contributed by atoms with Gasteiger partial charge >= 0.3 is 5.97 Å². The Morgan fingerprint density at radius 1 is 1.12 bits per heavy atom. The molecular formula is C21H24FNO2. The number of carbonyl (C=O) groups is 1. The monoisotopic (exact) mass is 341 g/mol. The standard InChI is InChI=1S/C21H24FNO2/c1-14-3-4-15(2)19(13-14)20(16-5-7-18(22)8-6-16)23-11-9-17(10-12-23)21(24)25/h3-8,13,17,20H,9-12H2,1-2H3,(H,24,25). The number of likely N-dealkylation sites (tertiary alicyclic amines) is 1. The molecule has 1 fully saturated rings. The lowest BCUT2D eigenvalue weighted by atomic mass is 9.89. The lowest BCUT2D eigenvalue weighted by Gasteiger charge is -2.37. The van der Waals surface area contributed by atoms with Gasteiger partial charge in [0.05, 0.1) is 12.0 Å². The van der Waals surface area contributed by atoms with Gasteiger partial charge in [0.25, 0.3) is 0 Å². The highest BCUT2D eigenvalue weighted by Crippen LogP contribution is 2.34. The third-order valence-electron chi connectivity index (χ3n) is 5.16. The highest BCUT2D eigenvalue weighted by Gasteiger charge is 2.30. The molecule has 1 N–H and O–H groups in total. The van der Waals surface area contributed by atoms with Crippen LogP contribution < -0.4 is 0 Å². The molecule has 0 aliphatic carbocycles. The van der Waals surface area contributed by atoms with Crippen LogP contribution in [0.2, 0.25) is 0 Å². The van der Waals surface area contributed by atoms with Crippen LogP contribution in [0.1, 0.15) is 41.1 Å². The summed E-state index contributed by atoms with van der Waals surface area (Å²) >= 11 is 0. The second-order valence-electron chi connectivity index (χ2n) is 6.96. The Hall–Kier alpha value is -2.20. The van der Waals surface area contributed by atoms with Gasteiger partial charge in [-0.1, -0.05) is 35.9 Å². The second kappa shape index (κ2) is 7.36. The molecule has 25 heavy (non-hydrogen) atoms. The van der Waals surface area contributed by atoms with Crippen LogP contribution in [0, 0.1) is 25.6 Å². The summed E-state index contributed by atoms with van der Waals surface area (Å²) in [4.78, 5) is 13.6. The Balaban J connectivity index is 1.96. The van der Waals surface area contributed by atoms with Gasteiger partial charge < -0.3 is 5.11 Å². The molecule has 2 aromatic carbocycles. The van der Waals surface area contributed by atoms with E-state index in [1.54, 1.807) is 0 Å². The number of carboxylic acid groups (broad SMARTS) is 1. The molecule has 2 aromatic rings. The van der Waals surface area contributed by atoms with Gasteiger partial charge in [0.15, 0.2) is 0 Å². The van der Waals surface area contributed by atoms with Crippen molar-refractivity contribution in [3.8, 4) is 0 Å². The zero-order valence-electron chi connectivity index (χ0n) is 14.7. The van der Waals surface area contributed by atoms with Crippen LogP contribution in [0.15, 0.2) is 42.5 Å². The fourth-order valence-electron chi connectivity index (χ4n) is 3.69. The molecule has 0 saturated carbocycles. The number of aryl methyl sites for hydroxylation is 2. The maximum atomic E-state index is 13.4. The molecule has 1 heterocycles. The normalized spacial score (nSPS) is 17.4. The molecule has 0 amide bonds. The van der Waals surface area contributed by atoms with Crippen molar-refractivity contribution in [3.63, 3.8) is 0 Å². The average molecular weight is 341 g/mol. The van der Waals surface area contributed by atoms with Crippen molar-refractivity contribution >= 4 is 5.97 Å². The molecule has 1 atom stereocenters. The van der Waals surface area contributed by atoms with Crippen LogP contribution in [0.25, 0.3) is 0 Å². The third kappa shape index (κ3) is 3.90. The second-order valence-corrected chi connectivity index (χ2v) is 6.96. The first-order valence-electron chi connectivity index (χ1n) is 8.75. The van der Waals surface area contributed by atoms with E-state index in [1.807, 2.05) is 12.1 Å². The summed E-state index contributed by atoms with van der Waals surface area (Å²) in [6.07, 6.45) is 1.30. The molecule has 0 bridgehead atoms. The number of aliphatic carboxylic acids is 1. The summed E-state index contributed by atoms with van der Waals surface area (Å²) < 4.78 is 13.4. The molecule has 1 aliphatic rings. The minimum Gasteiger partial charge on any atom is -0.481 e. The largest absolute Gasteiger partial charge is 0.481 e. The molecule has 0 radical (unpaired) electrons. The number of halogens is 1. The van der Waals surface area contributed by atoms with E-state index in [9.17, 15) is 14.3 Å². The maximum absolute atomic E-state index is 13.4.